The van der Waals surface area contributed by atoms with Crippen molar-refractivity contribution in [1.82, 2.24) is 4.57 Å². The summed E-state index contributed by atoms with van der Waals surface area (Å²) >= 11 is 0. The van der Waals surface area contributed by atoms with Gasteiger partial charge in [0.15, 0.2) is 0 Å². The average Bonchev–Trinajstić information content (AvgIpc) is 3.81. The van der Waals surface area contributed by atoms with Crippen LogP contribution >= 0.6 is 0 Å². The fraction of sp³-hybridized carbons (Fsp3) is 0.0980. The van der Waals surface area contributed by atoms with Crippen LogP contribution in [0.2, 0.25) is 0 Å². The molecule has 0 radical (unpaired) electrons. The zero-order valence-electron chi connectivity index (χ0n) is 29.9. The Morgan fingerprint density at radius 2 is 1.17 bits per heavy atom. The molecule has 2 unspecified atom stereocenters. The lowest BCUT2D eigenvalue weighted by atomic mass is 9.81. The van der Waals surface area contributed by atoms with Crippen molar-refractivity contribution in [2.24, 2.45) is 0 Å². The summed E-state index contributed by atoms with van der Waals surface area (Å²) in [6.07, 6.45) is 9.18. The predicted octanol–water partition coefficient (Wildman–Crippen LogP) is 13.2. The van der Waals surface area contributed by atoms with E-state index < -0.39 is 0 Å². The molecule has 0 N–H and O–H groups in total. The van der Waals surface area contributed by atoms with E-state index in [4.69, 9.17) is 0 Å². The molecule has 8 aromatic rings. The quantitative estimate of drug-likeness (QED) is 0.180. The first-order chi connectivity index (χ1) is 26.1. The zero-order chi connectivity index (χ0) is 35.3. The van der Waals surface area contributed by atoms with Crippen LogP contribution in [0.25, 0.3) is 60.9 Å². The fourth-order valence-electron chi connectivity index (χ4n) is 9.61. The number of rotatable bonds is 4. The highest BCUT2D eigenvalue weighted by atomic mass is 15.2. The molecule has 1 aliphatic heterocycles. The molecule has 0 amide bonds. The first-order valence-electron chi connectivity index (χ1n) is 18.8. The van der Waals surface area contributed by atoms with Crippen molar-refractivity contribution < 1.29 is 0 Å². The summed E-state index contributed by atoms with van der Waals surface area (Å²) in [6.45, 7) is 4.79. The van der Waals surface area contributed by atoms with E-state index in [0.29, 0.717) is 5.92 Å². The minimum absolute atomic E-state index is 0.138. The van der Waals surface area contributed by atoms with Gasteiger partial charge >= 0.3 is 0 Å². The van der Waals surface area contributed by atoms with Crippen LogP contribution in [0.1, 0.15) is 36.5 Å². The van der Waals surface area contributed by atoms with Crippen molar-refractivity contribution in [2.75, 3.05) is 4.90 Å². The largest absolute Gasteiger partial charge is 0.333 e. The predicted molar refractivity (Wildman–Crippen MR) is 223 cm³/mol. The first-order valence-corrected chi connectivity index (χ1v) is 18.8. The summed E-state index contributed by atoms with van der Waals surface area (Å²) < 4.78 is 2.39. The van der Waals surface area contributed by atoms with Crippen molar-refractivity contribution in [2.45, 2.75) is 31.2 Å². The van der Waals surface area contributed by atoms with Crippen molar-refractivity contribution in [3.8, 4) is 39.1 Å². The van der Waals surface area contributed by atoms with Gasteiger partial charge in [0.25, 0.3) is 0 Å². The highest BCUT2D eigenvalue weighted by Crippen LogP contribution is 2.55. The van der Waals surface area contributed by atoms with E-state index in [1.807, 2.05) is 0 Å². The van der Waals surface area contributed by atoms with Gasteiger partial charge in [-0.3, -0.25) is 0 Å². The normalized spacial score (nSPS) is 17.6. The van der Waals surface area contributed by atoms with Crippen LogP contribution in [0.3, 0.4) is 0 Å². The van der Waals surface area contributed by atoms with E-state index in [1.54, 1.807) is 0 Å². The number of anilines is 2. The summed E-state index contributed by atoms with van der Waals surface area (Å²) in [4.78, 5) is 2.57. The van der Waals surface area contributed by atoms with Gasteiger partial charge < -0.3 is 9.47 Å². The lowest BCUT2D eigenvalue weighted by Crippen LogP contribution is -2.28. The SMILES string of the molecule is CC1(C)c2cc(N3c4ccc(-c5ccccc5)cc4C4C=CC=CC43)ccc2-c2c(-c3ccc(-n4c5ccccc5c5ccccc54)cc3)cccc21. The van der Waals surface area contributed by atoms with E-state index in [-0.39, 0.29) is 11.5 Å². The molecule has 2 aliphatic carbocycles. The van der Waals surface area contributed by atoms with E-state index in [9.17, 15) is 0 Å². The fourth-order valence-corrected chi connectivity index (χ4v) is 9.61. The average molecular weight is 679 g/mol. The molecule has 0 saturated heterocycles. The first kappa shape index (κ1) is 30.3. The van der Waals surface area contributed by atoms with Gasteiger partial charge in [-0.1, -0.05) is 147 Å². The second-order valence-corrected chi connectivity index (χ2v) is 15.3. The summed E-state index contributed by atoms with van der Waals surface area (Å²) in [5.74, 6) is 0.314. The number of nitrogens with zero attached hydrogens (tertiary/aromatic N) is 2. The Labute approximate surface area is 310 Å². The van der Waals surface area contributed by atoms with Gasteiger partial charge in [0.1, 0.15) is 0 Å². The maximum Gasteiger partial charge on any atom is 0.0629 e. The van der Waals surface area contributed by atoms with Crippen LogP contribution in [0.4, 0.5) is 11.4 Å². The maximum absolute atomic E-state index is 2.57. The minimum Gasteiger partial charge on any atom is -0.333 e. The van der Waals surface area contributed by atoms with Gasteiger partial charge in [-0.25, -0.2) is 0 Å². The summed E-state index contributed by atoms with van der Waals surface area (Å²) in [5, 5.41) is 2.57. The van der Waals surface area contributed by atoms with E-state index in [0.717, 1.165) is 0 Å². The molecular weight excluding hydrogens is 641 g/mol. The topological polar surface area (TPSA) is 8.17 Å². The number of hydrogen-bond acceptors (Lipinski definition) is 1. The molecule has 0 fully saturated rings. The molecule has 3 aliphatic rings. The zero-order valence-corrected chi connectivity index (χ0v) is 29.9. The van der Waals surface area contributed by atoms with E-state index in [2.05, 4.69) is 205 Å². The molecular formula is C51H38N2. The minimum atomic E-state index is -0.138. The molecule has 2 atom stereocenters. The number of allylic oxidation sites excluding steroid dienone is 2. The van der Waals surface area contributed by atoms with Crippen molar-refractivity contribution >= 4 is 33.2 Å². The molecule has 11 rings (SSSR count). The maximum atomic E-state index is 2.57. The number of hydrogen-bond donors (Lipinski definition) is 0. The smallest absolute Gasteiger partial charge is 0.0629 e. The highest BCUT2D eigenvalue weighted by molar-refractivity contribution is 6.09. The Balaban J connectivity index is 0.999. The van der Waals surface area contributed by atoms with E-state index >= 15 is 0 Å². The Morgan fingerprint density at radius 1 is 0.491 bits per heavy atom. The number of aromatic nitrogens is 1. The number of benzene rings is 7. The lowest BCUT2D eigenvalue weighted by Gasteiger charge is -2.30. The van der Waals surface area contributed by atoms with Gasteiger partial charge in [-0.15, -0.1) is 0 Å². The van der Waals surface area contributed by atoms with Gasteiger partial charge in [0.2, 0.25) is 0 Å². The van der Waals surface area contributed by atoms with Crippen LogP contribution in [-0.2, 0) is 5.41 Å². The Morgan fingerprint density at radius 3 is 1.94 bits per heavy atom. The Hall–Kier alpha value is -6.38. The molecule has 2 nitrogen and oxygen atoms in total. The summed E-state index contributed by atoms with van der Waals surface area (Å²) in [6, 6.07) is 58.8. The van der Waals surface area contributed by atoms with Gasteiger partial charge in [-0.05, 0) is 98.6 Å². The lowest BCUT2D eigenvalue weighted by molar-refractivity contribution is 0.659. The molecule has 252 valence electrons. The molecule has 0 saturated carbocycles. The molecule has 2 heteroatoms. The molecule has 7 aromatic carbocycles. The third kappa shape index (κ3) is 4.39. The van der Waals surface area contributed by atoms with Crippen LogP contribution in [-0.4, -0.2) is 10.6 Å². The van der Waals surface area contributed by atoms with Gasteiger partial charge in [-0.2, -0.15) is 0 Å². The van der Waals surface area contributed by atoms with Crippen LogP contribution in [0.5, 0.6) is 0 Å². The Kier molecular flexibility index (Phi) is 6.46. The van der Waals surface area contributed by atoms with Gasteiger partial charge in [0.05, 0.1) is 17.1 Å². The third-order valence-electron chi connectivity index (χ3n) is 12.1. The van der Waals surface area contributed by atoms with Crippen molar-refractivity contribution in [3.05, 3.63) is 199 Å². The molecule has 0 spiro atoms. The number of fused-ring (bicyclic) bond motifs is 9. The van der Waals surface area contributed by atoms with Gasteiger partial charge in [0, 0.05) is 39.2 Å². The van der Waals surface area contributed by atoms with Crippen LogP contribution in [0.15, 0.2) is 182 Å². The third-order valence-corrected chi connectivity index (χ3v) is 12.1. The molecule has 2 heterocycles. The second kappa shape index (κ2) is 11.3. The molecule has 1 aromatic heterocycles. The summed E-state index contributed by atoms with van der Waals surface area (Å²) in [5.41, 5.74) is 18.0. The Bertz CT molecular complexity index is 2760. The van der Waals surface area contributed by atoms with Crippen molar-refractivity contribution in [1.29, 1.82) is 0 Å². The monoisotopic (exact) mass is 678 g/mol. The van der Waals surface area contributed by atoms with Crippen LogP contribution in [0, 0.1) is 0 Å². The molecule has 53 heavy (non-hydrogen) atoms. The summed E-state index contributed by atoms with van der Waals surface area (Å²) in [7, 11) is 0. The van der Waals surface area contributed by atoms with E-state index in [1.165, 1.54) is 88.9 Å². The standard InChI is InChI=1S/C51H38N2/c1-51(2)44-19-12-18-38(34-23-26-36(27-24-34)52-46-20-9-6-15-39(46)40-16-7-10-21-47(40)52)50(44)42-29-28-37(32-45(42)51)53-48-22-11-8-17-41(48)43-31-35(25-30-49(43)53)33-13-4-3-5-14-33/h3-32,41,48H,1-2H3. The van der Waals surface area contributed by atoms with Crippen molar-refractivity contribution in [3.63, 3.8) is 0 Å². The number of para-hydroxylation sites is 2. The van der Waals surface area contributed by atoms with Crippen LogP contribution < -0.4 is 4.90 Å². The molecule has 0 bridgehead atoms. The highest BCUT2D eigenvalue weighted by Gasteiger charge is 2.41. The second-order valence-electron chi connectivity index (χ2n) is 15.3.